The molecule has 1 amide bonds. The predicted octanol–water partition coefficient (Wildman–Crippen LogP) is 1.89. The van der Waals surface area contributed by atoms with Crippen molar-refractivity contribution < 1.29 is 19.4 Å². The molecule has 2 N–H and O–H groups in total. The zero-order chi connectivity index (χ0) is 11.5. The number of carbonyl (C=O) groups excluding carboxylic acids is 1. The van der Waals surface area contributed by atoms with Gasteiger partial charge in [-0.25, -0.2) is 4.79 Å². The summed E-state index contributed by atoms with van der Waals surface area (Å²) in [6, 6.07) is 1.68. The Balaban J connectivity index is 2.13. The van der Waals surface area contributed by atoms with Gasteiger partial charge in [0.15, 0.2) is 0 Å². The summed E-state index contributed by atoms with van der Waals surface area (Å²) >= 11 is 1.52. The molecule has 5 nitrogen and oxygen atoms in total. The average molecular weight is 239 g/mol. The van der Waals surface area contributed by atoms with E-state index >= 15 is 0 Å². The van der Waals surface area contributed by atoms with Crippen LogP contribution in [-0.2, 0) is 9.53 Å². The first kappa shape index (κ1) is 10.7. The van der Waals surface area contributed by atoms with E-state index in [0.29, 0.717) is 6.42 Å². The van der Waals surface area contributed by atoms with Gasteiger partial charge in [-0.3, -0.25) is 4.79 Å². The molecule has 0 aromatic carbocycles. The molecule has 1 unspecified atom stereocenters. The monoisotopic (exact) mass is 239 g/mol. The maximum absolute atomic E-state index is 11.3. The quantitative estimate of drug-likeness (QED) is 0.773. The second-order valence-electron chi connectivity index (χ2n) is 3.30. The SMILES string of the molecule is O=C1C=C(OC(=O)O)CC(c2ccsc2)N1. The Bertz CT molecular complexity index is 438. The third-order valence-corrected chi connectivity index (χ3v) is 2.88. The molecule has 1 aliphatic heterocycles. The minimum atomic E-state index is -1.40. The van der Waals surface area contributed by atoms with Gasteiger partial charge in [-0.15, -0.1) is 0 Å². The van der Waals surface area contributed by atoms with Crippen molar-refractivity contribution in [1.82, 2.24) is 5.32 Å². The van der Waals surface area contributed by atoms with Gasteiger partial charge in [0.2, 0.25) is 5.91 Å². The Morgan fingerprint density at radius 1 is 1.62 bits per heavy atom. The van der Waals surface area contributed by atoms with Crippen LogP contribution in [-0.4, -0.2) is 17.2 Å². The van der Waals surface area contributed by atoms with Crippen molar-refractivity contribution in [2.24, 2.45) is 0 Å². The summed E-state index contributed by atoms with van der Waals surface area (Å²) in [7, 11) is 0. The molecule has 0 spiro atoms. The standard InChI is InChI=1S/C10H9NO4S/c12-9-4-7(15-10(13)14)3-8(11-9)6-1-2-16-5-6/h1-2,4-5,8H,3H2,(H,11,12)(H,13,14). The Morgan fingerprint density at radius 3 is 3.06 bits per heavy atom. The van der Waals surface area contributed by atoms with Crippen molar-refractivity contribution in [1.29, 1.82) is 0 Å². The van der Waals surface area contributed by atoms with E-state index in [-0.39, 0.29) is 17.7 Å². The van der Waals surface area contributed by atoms with E-state index in [2.05, 4.69) is 10.1 Å². The molecular weight excluding hydrogens is 230 g/mol. The van der Waals surface area contributed by atoms with Gasteiger partial charge in [0, 0.05) is 12.5 Å². The first-order valence-corrected chi connectivity index (χ1v) is 5.53. The largest absolute Gasteiger partial charge is 0.511 e. The molecular formula is C10H9NO4S. The molecule has 84 valence electrons. The molecule has 1 aromatic rings. The van der Waals surface area contributed by atoms with E-state index < -0.39 is 6.16 Å². The number of hydrogen-bond acceptors (Lipinski definition) is 4. The zero-order valence-electron chi connectivity index (χ0n) is 8.17. The van der Waals surface area contributed by atoms with Crippen molar-refractivity contribution in [2.75, 3.05) is 0 Å². The molecule has 0 radical (unpaired) electrons. The molecule has 1 aromatic heterocycles. The summed E-state index contributed by atoms with van der Waals surface area (Å²) in [5, 5.41) is 15.0. The Hall–Kier alpha value is -1.82. The minimum absolute atomic E-state index is 0.174. The lowest BCUT2D eigenvalue weighted by molar-refractivity contribution is -0.118. The fourth-order valence-corrected chi connectivity index (χ4v) is 2.24. The number of carbonyl (C=O) groups is 2. The number of amides is 1. The topological polar surface area (TPSA) is 75.6 Å². The van der Waals surface area contributed by atoms with Crippen LogP contribution < -0.4 is 5.32 Å². The highest BCUT2D eigenvalue weighted by Gasteiger charge is 2.23. The lowest BCUT2D eigenvalue weighted by Gasteiger charge is -2.22. The van der Waals surface area contributed by atoms with Gasteiger partial charge in [-0.05, 0) is 22.4 Å². The van der Waals surface area contributed by atoms with Crippen molar-refractivity contribution in [3.8, 4) is 0 Å². The molecule has 6 heteroatoms. The third-order valence-electron chi connectivity index (χ3n) is 2.18. The van der Waals surface area contributed by atoms with Gasteiger partial charge in [0.05, 0.1) is 6.04 Å². The number of carboxylic acid groups (broad SMARTS) is 1. The number of rotatable bonds is 2. The van der Waals surface area contributed by atoms with Gasteiger partial charge >= 0.3 is 6.16 Å². The maximum Gasteiger partial charge on any atom is 0.511 e. The van der Waals surface area contributed by atoms with Crippen LogP contribution in [0.15, 0.2) is 28.7 Å². The number of thiophene rings is 1. The van der Waals surface area contributed by atoms with Crippen LogP contribution in [0.5, 0.6) is 0 Å². The molecule has 2 rings (SSSR count). The van der Waals surface area contributed by atoms with Crippen molar-refractivity contribution in [2.45, 2.75) is 12.5 Å². The summed E-state index contributed by atoms with van der Waals surface area (Å²) in [6.45, 7) is 0. The van der Waals surface area contributed by atoms with E-state index in [0.717, 1.165) is 11.6 Å². The normalized spacial score (nSPS) is 19.9. The first-order valence-electron chi connectivity index (χ1n) is 4.59. The van der Waals surface area contributed by atoms with Crippen LogP contribution in [0.3, 0.4) is 0 Å². The van der Waals surface area contributed by atoms with Crippen LogP contribution >= 0.6 is 11.3 Å². The third kappa shape index (κ3) is 2.40. The van der Waals surface area contributed by atoms with E-state index in [4.69, 9.17) is 5.11 Å². The van der Waals surface area contributed by atoms with E-state index in [9.17, 15) is 9.59 Å². The summed E-state index contributed by atoms with van der Waals surface area (Å²) in [6.07, 6.45) is 0.121. The lowest BCUT2D eigenvalue weighted by atomic mass is 10.0. The minimum Gasteiger partial charge on any atom is -0.449 e. The fourth-order valence-electron chi connectivity index (χ4n) is 1.53. The Labute approximate surface area is 95.3 Å². The molecule has 0 bridgehead atoms. The molecule has 16 heavy (non-hydrogen) atoms. The van der Waals surface area contributed by atoms with E-state index in [1.165, 1.54) is 11.3 Å². The summed E-state index contributed by atoms with van der Waals surface area (Å²) < 4.78 is 4.51. The maximum atomic E-state index is 11.3. The van der Waals surface area contributed by atoms with Gasteiger partial charge < -0.3 is 15.2 Å². The summed E-state index contributed by atoms with van der Waals surface area (Å²) in [5.74, 6) is -0.161. The van der Waals surface area contributed by atoms with E-state index in [1.807, 2.05) is 16.8 Å². The smallest absolute Gasteiger partial charge is 0.449 e. The second-order valence-corrected chi connectivity index (χ2v) is 4.08. The first-order chi connectivity index (χ1) is 7.65. The Morgan fingerprint density at radius 2 is 2.44 bits per heavy atom. The van der Waals surface area contributed by atoms with Gasteiger partial charge in [-0.1, -0.05) is 0 Å². The van der Waals surface area contributed by atoms with Crippen molar-refractivity contribution in [3.63, 3.8) is 0 Å². The second kappa shape index (κ2) is 4.36. The van der Waals surface area contributed by atoms with Crippen LogP contribution in [0.1, 0.15) is 18.0 Å². The van der Waals surface area contributed by atoms with Crippen LogP contribution in [0.25, 0.3) is 0 Å². The number of hydrogen-bond donors (Lipinski definition) is 2. The van der Waals surface area contributed by atoms with Crippen molar-refractivity contribution in [3.05, 3.63) is 34.2 Å². The molecule has 0 saturated heterocycles. The van der Waals surface area contributed by atoms with Crippen molar-refractivity contribution >= 4 is 23.4 Å². The van der Waals surface area contributed by atoms with Gasteiger partial charge in [0.25, 0.3) is 0 Å². The summed E-state index contributed by atoms with van der Waals surface area (Å²) in [4.78, 5) is 21.7. The Kier molecular flexibility index (Phi) is 2.91. The number of nitrogens with one attached hydrogen (secondary N) is 1. The zero-order valence-corrected chi connectivity index (χ0v) is 8.99. The molecule has 2 heterocycles. The molecule has 0 aliphatic carbocycles. The molecule has 1 atom stereocenters. The summed E-state index contributed by atoms with van der Waals surface area (Å²) in [5.41, 5.74) is 0.956. The lowest BCUT2D eigenvalue weighted by Crippen LogP contribution is -2.31. The van der Waals surface area contributed by atoms with E-state index in [1.54, 1.807) is 0 Å². The fraction of sp³-hybridized carbons (Fsp3) is 0.200. The van der Waals surface area contributed by atoms with Gasteiger partial charge in [-0.2, -0.15) is 11.3 Å². The highest BCUT2D eigenvalue weighted by atomic mass is 32.1. The molecule has 0 fully saturated rings. The van der Waals surface area contributed by atoms with Crippen LogP contribution in [0.4, 0.5) is 4.79 Å². The highest BCUT2D eigenvalue weighted by Crippen LogP contribution is 2.26. The van der Waals surface area contributed by atoms with Crippen LogP contribution in [0, 0.1) is 0 Å². The predicted molar refractivity (Wildman–Crippen MR) is 57.0 cm³/mol. The number of ether oxygens (including phenoxy) is 1. The highest BCUT2D eigenvalue weighted by molar-refractivity contribution is 7.07. The molecule has 1 aliphatic rings. The van der Waals surface area contributed by atoms with Crippen LogP contribution in [0.2, 0.25) is 0 Å². The van der Waals surface area contributed by atoms with Gasteiger partial charge in [0.1, 0.15) is 5.76 Å². The molecule has 0 saturated carbocycles. The average Bonchev–Trinajstić information content (AvgIpc) is 2.67.